The average Bonchev–Trinajstić information content (AvgIpc) is 3.41. The molecule has 2 aromatic rings. The van der Waals surface area contributed by atoms with Crippen LogP contribution in [0.3, 0.4) is 0 Å². The Bertz CT molecular complexity index is 1400. The number of carbonyl (C=O) groups is 2. The molecule has 1 saturated carbocycles. The van der Waals surface area contributed by atoms with E-state index in [0.29, 0.717) is 29.5 Å². The highest BCUT2D eigenvalue weighted by atomic mass is 32.2. The topological polar surface area (TPSA) is 145 Å². The molecule has 2 aromatic heterocycles. The number of aromatic nitrogens is 4. The standard InChI is InChI=1S/C29H39N9O2S/c1-28(2)14-17-15-31-26(30)33-21(17)22-20(28)23(36-35-22)24(39)34-27-32-19(16-41-27)29(8-9-29)25(40)38-12-6-18(7-13-38)37-10-4-3-5-11-37/h15-16,18,27,32H,3-14H2,1-2H3,(H,34,39)(H,35,36)(H2,30,31,33). The van der Waals surface area contributed by atoms with Crippen LogP contribution in [-0.2, 0) is 16.6 Å². The van der Waals surface area contributed by atoms with E-state index in [1.54, 1.807) is 6.20 Å². The van der Waals surface area contributed by atoms with Crippen molar-refractivity contribution in [2.45, 2.75) is 82.2 Å². The molecule has 3 fully saturated rings. The van der Waals surface area contributed by atoms with Gasteiger partial charge in [0.05, 0.1) is 16.8 Å². The molecule has 2 aliphatic carbocycles. The van der Waals surface area contributed by atoms with Crippen molar-refractivity contribution in [1.29, 1.82) is 0 Å². The van der Waals surface area contributed by atoms with Crippen LogP contribution in [0.4, 0.5) is 5.95 Å². The first-order valence-corrected chi connectivity index (χ1v) is 15.9. The Morgan fingerprint density at radius 1 is 1.12 bits per heavy atom. The molecule has 5 heterocycles. The summed E-state index contributed by atoms with van der Waals surface area (Å²) in [5.41, 5.74) is 9.20. The van der Waals surface area contributed by atoms with Gasteiger partial charge in [-0.25, -0.2) is 9.97 Å². The lowest BCUT2D eigenvalue weighted by molar-refractivity contribution is -0.137. The number of piperidine rings is 2. The number of aromatic amines is 1. The van der Waals surface area contributed by atoms with E-state index in [-0.39, 0.29) is 28.7 Å². The fourth-order valence-electron chi connectivity index (χ4n) is 7.26. The molecule has 1 unspecified atom stereocenters. The van der Waals surface area contributed by atoms with Crippen molar-refractivity contribution in [2.24, 2.45) is 5.41 Å². The SMILES string of the molecule is CC1(C)Cc2cnc(N)nc2-c2[nH]nc(C(=O)NC3NC(C4(C(=O)N5CCC(N6CCCCC6)CC5)CC4)=CS3)c21. The number of amides is 2. The lowest BCUT2D eigenvalue weighted by Gasteiger charge is -2.41. The van der Waals surface area contributed by atoms with E-state index in [1.165, 1.54) is 44.1 Å². The van der Waals surface area contributed by atoms with Crippen molar-refractivity contribution in [3.8, 4) is 11.4 Å². The van der Waals surface area contributed by atoms with Crippen molar-refractivity contribution < 1.29 is 9.59 Å². The van der Waals surface area contributed by atoms with Gasteiger partial charge in [-0.05, 0) is 74.4 Å². The molecular weight excluding hydrogens is 538 g/mol. The molecule has 7 rings (SSSR count). The number of hydrogen-bond donors (Lipinski definition) is 4. The van der Waals surface area contributed by atoms with Gasteiger partial charge < -0.3 is 26.2 Å². The largest absolute Gasteiger partial charge is 0.368 e. The van der Waals surface area contributed by atoms with Crippen LogP contribution in [0.25, 0.3) is 11.4 Å². The van der Waals surface area contributed by atoms with Gasteiger partial charge in [-0.3, -0.25) is 14.7 Å². The lowest BCUT2D eigenvalue weighted by Crippen LogP contribution is -2.50. The van der Waals surface area contributed by atoms with Gasteiger partial charge in [-0.2, -0.15) is 5.10 Å². The first-order valence-electron chi connectivity index (χ1n) is 14.9. The van der Waals surface area contributed by atoms with E-state index in [1.807, 2.05) is 5.41 Å². The van der Waals surface area contributed by atoms with E-state index >= 15 is 0 Å². The fraction of sp³-hybridized carbons (Fsp3) is 0.621. The zero-order valence-corrected chi connectivity index (χ0v) is 24.6. The number of nitrogen functional groups attached to an aromatic ring is 1. The Morgan fingerprint density at radius 3 is 2.61 bits per heavy atom. The Labute approximate surface area is 244 Å². The van der Waals surface area contributed by atoms with Gasteiger partial charge in [0.25, 0.3) is 5.91 Å². The van der Waals surface area contributed by atoms with Crippen LogP contribution in [0, 0.1) is 5.41 Å². The van der Waals surface area contributed by atoms with Gasteiger partial charge in [-0.15, -0.1) is 0 Å². The zero-order chi connectivity index (χ0) is 28.4. The predicted molar refractivity (Wildman–Crippen MR) is 158 cm³/mol. The molecule has 12 heteroatoms. The average molecular weight is 578 g/mol. The maximum absolute atomic E-state index is 13.7. The summed E-state index contributed by atoms with van der Waals surface area (Å²) in [6, 6.07) is 0.615. The van der Waals surface area contributed by atoms with Crippen LogP contribution < -0.4 is 16.4 Å². The normalized spacial score (nSPS) is 25.1. The summed E-state index contributed by atoms with van der Waals surface area (Å²) < 4.78 is 0. The maximum atomic E-state index is 13.7. The summed E-state index contributed by atoms with van der Waals surface area (Å²) in [6.07, 6.45) is 10.2. The molecule has 0 aromatic carbocycles. The summed E-state index contributed by atoms with van der Waals surface area (Å²) in [7, 11) is 0. The predicted octanol–water partition coefficient (Wildman–Crippen LogP) is 2.73. The number of fused-ring (bicyclic) bond motifs is 3. The number of rotatable bonds is 5. The molecule has 3 aliphatic heterocycles. The molecule has 2 amide bonds. The highest BCUT2D eigenvalue weighted by Crippen LogP contribution is 2.54. The number of carbonyl (C=O) groups excluding carboxylic acids is 2. The molecule has 5 aliphatic rings. The zero-order valence-electron chi connectivity index (χ0n) is 23.8. The molecule has 218 valence electrons. The van der Waals surface area contributed by atoms with Crippen LogP contribution in [-0.4, -0.2) is 79.5 Å². The summed E-state index contributed by atoms with van der Waals surface area (Å²) in [6.45, 7) is 8.27. The Morgan fingerprint density at radius 2 is 1.88 bits per heavy atom. The molecule has 2 saturated heterocycles. The van der Waals surface area contributed by atoms with E-state index in [9.17, 15) is 9.59 Å². The number of thioether (sulfide) groups is 1. The van der Waals surface area contributed by atoms with Gasteiger partial charge in [0.2, 0.25) is 11.9 Å². The van der Waals surface area contributed by atoms with Crippen molar-refractivity contribution in [3.05, 3.63) is 34.1 Å². The second kappa shape index (κ2) is 10.0. The minimum atomic E-state index is -0.471. The highest BCUT2D eigenvalue weighted by Gasteiger charge is 2.56. The minimum Gasteiger partial charge on any atom is -0.368 e. The maximum Gasteiger partial charge on any atom is 0.274 e. The Hall–Kier alpha value is -3.12. The number of nitrogens with two attached hydrogens (primary N) is 1. The summed E-state index contributed by atoms with van der Waals surface area (Å²) in [5, 5.41) is 16.0. The quantitative estimate of drug-likeness (QED) is 0.421. The Balaban J connectivity index is 0.994. The van der Waals surface area contributed by atoms with Gasteiger partial charge in [0.1, 0.15) is 0 Å². The summed E-state index contributed by atoms with van der Waals surface area (Å²) in [5.74, 6) is 0.163. The van der Waals surface area contributed by atoms with E-state index < -0.39 is 5.41 Å². The number of H-pyrrole nitrogens is 1. The number of nitrogens with zero attached hydrogens (tertiary/aromatic N) is 5. The van der Waals surface area contributed by atoms with Crippen LogP contribution in [0.5, 0.6) is 0 Å². The molecule has 0 bridgehead atoms. The monoisotopic (exact) mass is 577 g/mol. The van der Waals surface area contributed by atoms with Gasteiger partial charge in [-0.1, -0.05) is 32.0 Å². The van der Waals surface area contributed by atoms with Crippen LogP contribution in [0.2, 0.25) is 0 Å². The smallest absolute Gasteiger partial charge is 0.274 e. The van der Waals surface area contributed by atoms with Gasteiger partial charge >= 0.3 is 0 Å². The number of likely N-dealkylation sites (tertiary alicyclic amines) is 2. The molecule has 41 heavy (non-hydrogen) atoms. The van der Waals surface area contributed by atoms with Gasteiger partial charge in [0.15, 0.2) is 11.2 Å². The molecule has 5 N–H and O–H groups in total. The van der Waals surface area contributed by atoms with Crippen LogP contribution in [0.15, 0.2) is 17.3 Å². The van der Waals surface area contributed by atoms with E-state index in [2.05, 4.69) is 54.4 Å². The third-order valence-electron chi connectivity index (χ3n) is 9.61. The summed E-state index contributed by atoms with van der Waals surface area (Å²) in [4.78, 5) is 40.5. The summed E-state index contributed by atoms with van der Waals surface area (Å²) >= 11 is 1.50. The fourth-order valence-corrected chi connectivity index (χ4v) is 8.20. The third kappa shape index (κ3) is 4.68. The van der Waals surface area contributed by atoms with Crippen molar-refractivity contribution in [1.82, 2.24) is 40.6 Å². The van der Waals surface area contributed by atoms with E-state index in [4.69, 9.17) is 5.73 Å². The molecular formula is C29H39N9O2S. The second-order valence-corrected chi connectivity index (χ2v) is 13.8. The first-order chi connectivity index (χ1) is 19.7. The molecule has 11 nitrogen and oxygen atoms in total. The number of nitrogens with one attached hydrogen (secondary N) is 3. The van der Waals surface area contributed by atoms with Crippen molar-refractivity contribution in [2.75, 3.05) is 31.9 Å². The third-order valence-corrected chi connectivity index (χ3v) is 10.5. The van der Waals surface area contributed by atoms with Crippen LogP contribution in [0.1, 0.15) is 80.4 Å². The number of anilines is 1. The Kier molecular flexibility index (Phi) is 6.53. The van der Waals surface area contributed by atoms with Crippen molar-refractivity contribution in [3.63, 3.8) is 0 Å². The lowest BCUT2D eigenvalue weighted by atomic mass is 9.73. The number of hydrogen-bond acceptors (Lipinski definition) is 9. The first kappa shape index (κ1) is 26.8. The highest BCUT2D eigenvalue weighted by molar-refractivity contribution is 8.02. The van der Waals surface area contributed by atoms with E-state index in [0.717, 1.165) is 55.6 Å². The molecule has 0 radical (unpaired) electrons. The van der Waals surface area contributed by atoms with Crippen LogP contribution >= 0.6 is 11.8 Å². The molecule has 1 atom stereocenters. The van der Waals surface area contributed by atoms with Crippen molar-refractivity contribution >= 4 is 29.5 Å². The minimum absolute atomic E-state index is 0.190. The second-order valence-electron chi connectivity index (χ2n) is 12.9. The van der Waals surface area contributed by atoms with Gasteiger partial charge in [0, 0.05) is 36.6 Å². The molecule has 0 spiro atoms.